The summed E-state index contributed by atoms with van der Waals surface area (Å²) in [4.78, 5) is 10.7. The number of hydrogen-bond donors (Lipinski definition) is 0. The second kappa shape index (κ2) is 5.00. The molecular formula is C10H11BrO3. The molecule has 0 amide bonds. The number of ether oxygens (including phenoxy) is 2. The first-order chi connectivity index (χ1) is 6.74. The smallest absolute Gasteiger partial charge is 0.153 e. The van der Waals surface area contributed by atoms with Crippen LogP contribution in [0.2, 0.25) is 0 Å². The summed E-state index contributed by atoms with van der Waals surface area (Å²) >= 11 is 3.33. The summed E-state index contributed by atoms with van der Waals surface area (Å²) in [6.07, 6.45) is 0.749. The molecule has 0 saturated carbocycles. The molecule has 0 aliphatic carbocycles. The molecule has 3 nitrogen and oxygen atoms in total. The number of methoxy groups -OCH3 is 1. The van der Waals surface area contributed by atoms with Gasteiger partial charge in [-0.3, -0.25) is 4.79 Å². The van der Waals surface area contributed by atoms with Gasteiger partial charge in [0.2, 0.25) is 0 Å². The highest BCUT2D eigenvalue weighted by atomic mass is 79.9. The third-order valence-electron chi connectivity index (χ3n) is 1.72. The first-order valence-electron chi connectivity index (χ1n) is 4.19. The van der Waals surface area contributed by atoms with Crippen LogP contribution in [0.1, 0.15) is 17.3 Å². The van der Waals surface area contributed by atoms with Crippen LogP contribution in [-0.4, -0.2) is 20.0 Å². The summed E-state index contributed by atoms with van der Waals surface area (Å²) in [7, 11) is 1.52. The van der Waals surface area contributed by atoms with Crippen LogP contribution >= 0.6 is 15.9 Å². The monoisotopic (exact) mass is 258 g/mol. The maximum atomic E-state index is 10.7. The van der Waals surface area contributed by atoms with Crippen molar-refractivity contribution in [1.82, 2.24) is 0 Å². The number of carbonyl (C=O) groups excluding carboxylic acids is 1. The van der Waals surface area contributed by atoms with Gasteiger partial charge in [0.25, 0.3) is 0 Å². The molecule has 0 unspecified atom stereocenters. The third kappa shape index (κ3) is 2.07. The fourth-order valence-corrected chi connectivity index (χ4v) is 1.76. The van der Waals surface area contributed by atoms with Crippen molar-refractivity contribution in [1.29, 1.82) is 0 Å². The first-order valence-corrected chi connectivity index (χ1v) is 4.98. The molecule has 0 bridgehead atoms. The number of halogens is 1. The molecule has 0 aliphatic rings. The fourth-order valence-electron chi connectivity index (χ4n) is 1.12. The van der Waals surface area contributed by atoms with Crippen molar-refractivity contribution >= 4 is 22.2 Å². The molecule has 14 heavy (non-hydrogen) atoms. The average molecular weight is 259 g/mol. The van der Waals surface area contributed by atoms with E-state index < -0.39 is 0 Å². The zero-order valence-corrected chi connectivity index (χ0v) is 9.63. The van der Waals surface area contributed by atoms with Crippen molar-refractivity contribution in [2.45, 2.75) is 6.92 Å². The van der Waals surface area contributed by atoms with E-state index in [0.29, 0.717) is 28.1 Å². The Hall–Kier alpha value is -1.03. The van der Waals surface area contributed by atoms with Crippen LogP contribution in [0.3, 0.4) is 0 Å². The summed E-state index contributed by atoms with van der Waals surface area (Å²) in [6, 6.07) is 3.40. The van der Waals surface area contributed by atoms with Gasteiger partial charge >= 0.3 is 0 Å². The quantitative estimate of drug-likeness (QED) is 0.780. The molecule has 0 N–H and O–H groups in total. The van der Waals surface area contributed by atoms with E-state index in [1.165, 1.54) is 7.11 Å². The van der Waals surface area contributed by atoms with Crippen molar-refractivity contribution in [3.05, 3.63) is 22.2 Å². The third-order valence-corrected chi connectivity index (χ3v) is 2.47. The minimum absolute atomic E-state index is 0.503. The predicted octanol–water partition coefficient (Wildman–Crippen LogP) is 2.67. The highest BCUT2D eigenvalue weighted by molar-refractivity contribution is 9.10. The van der Waals surface area contributed by atoms with Crippen molar-refractivity contribution in [2.24, 2.45) is 0 Å². The van der Waals surface area contributed by atoms with Crippen molar-refractivity contribution < 1.29 is 14.3 Å². The van der Waals surface area contributed by atoms with E-state index in [4.69, 9.17) is 9.47 Å². The summed E-state index contributed by atoms with van der Waals surface area (Å²) < 4.78 is 11.1. The van der Waals surface area contributed by atoms with Gasteiger partial charge in [0.05, 0.1) is 19.3 Å². The number of hydrogen-bond acceptors (Lipinski definition) is 3. The summed E-state index contributed by atoms with van der Waals surface area (Å²) in [5.74, 6) is 1.18. The Morgan fingerprint density at radius 2 is 2.21 bits per heavy atom. The Kier molecular flexibility index (Phi) is 3.95. The van der Waals surface area contributed by atoms with Gasteiger partial charge in [-0.05, 0) is 35.0 Å². The van der Waals surface area contributed by atoms with Crippen LogP contribution in [0.4, 0.5) is 0 Å². The lowest BCUT2D eigenvalue weighted by Crippen LogP contribution is -1.97. The van der Waals surface area contributed by atoms with Crippen LogP contribution in [0.25, 0.3) is 0 Å². The Bertz CT molecular complexity index is 336. The Balaban J connectivity index is 3.20. The standard InChI is InChI=1S/C10H11BrO3/c1-3-14-8-5-4-7(6-12)10(13-2)9(8)11/h4-6H,3H2,1-2H3. The van der Waals surface area contributed by atoms with Crippen LogP contribution in [0, 0.1) is 0 Å². The molecule has 4 heteroatoms. The SMILES string of the molecule is CCOc1ccc(C=O)c(OC)c1Br. The van der Waals surface area contributed by atoms with Crippen molar-refractivity contribution in [3.63, 3.8) is 0 Å². The van der Waals surface area contributed by atoms with E-state index in [9.17, 15) is 4.79 Å². The van der Waals surface area contributed by atoms with Gasteiger partial charge in [0.1, 0.15) is 16.0 Å². The highest BCUT2D eigenvalue weighted by Crippen LogP contribution is 2.36. The van der Waals surface area contributed by atoms with Gasteiger partial charge in [-0.1, -0.05) is 0 Å². The Labute approximate surface area is 91.1 Å². The molecule has 1 aromatic carbocycles. The van der Waals surface area contributed by atoms with E-state index in [1.807, 2.05) is 6.92 Å². The second-order valence-electron chi connectivity index (χ2n) is 2.55. The highest BCUT2D eigenvalue weighted by Gasteiger charge is 2.11. The first kappa shape index (κ1) is 11.0. The van der Waals surface area contributed by atoms with Crippen LogP contribution in [0.15, 0.2) is 16.6 Å². The second-order valence-corrected chi connectivity index (χ2v) is 3.34. The molecular weight excluding hydrogens is 248 g/mol. The number of aldehydes is 1. The molecule has 0 heterocycles. The van der Waals surface area contributed by atoms with Crippen LogP contribution in [0.5, 0.6) is 11.5 Å². The fraction of sp³-hybridized carbons (Fsp3) is 0.300. The molecule has 0 radical (unpaired) electrons. The predicted molar refractivity (Wildman–Crippen MR) is 57.3 cm³/mol. The number of benzene rings is 1. The van der Waals surface area contributed by atoms with Crippen molar-refractivity contribution in [3.8, 4) is 11.5 Å². The van der Waals surface area contributed by atoms with E-state index in [-0.39, 0.29) is 0 Å². The molecule has 76 valence electrons. The molecule has 0 saturated heterocycles. The van der Waals surface area contributed by atoms with Gasteiger partial charge in [-0.15, -0.1) is 0 Å². The number of carbonyl (C=O) groups is 1. The van der Waals surface area contributed by atoms with Gasteiger partial charge in [0, 0.05) is 0 Å². The van der Waals surface area contributed by atoms with E-state index in [1.54, 1.807) is 12.1 Å². The zero-order valence-electron chi connectivity index (χ0n) is 8.04. The van der Waals surface area contributed by atoms with Crippen LogP contribution in [-0.2, 0) is 0 Å². The van der Waals surface area contributed by atoms with Gasteiger partial charge in [-0.2, -0.15) is 0 Å². The van der Waals surface area contributed by atoms with Gasteiger partial charge < -0.3 is 9.47 Å². The maximum absolute atomic E-state index is 10.7. The largest absolute Gasteiger partial charge is 0.495 e. The lowest BCUT2D eigenvalue weighted by atomic mass is 10.2. The van der Waals surface area contributed by atoms with Crippen molar-refractivity contribution in [2.75, 3.05) is 13.7 Å². The topological polar surface area (TPSA) is 35.5 Å². The molecule has 0 atom stereocenters. The lowest BCUT2D eigenvalue weighted by molar-refractivity contribution is 0.112. The summed E-state index contributed by atoms with van der Waals surface area (Å²) in [6.45, 7) is 2.47. The molecule has 0 spiro atoms. The maximum Gasteiger partial charge on any atom is 0.153 e. The lowest BCUT2D eigenvalue weighted by Gasteiger charge is -2.10. The Morgan fingerprint density at radius 3 is 2.71 bits per heavy atom. The van der Waals surface area contributed by atoms with E-state index in [2.05, 4.69) is 15.9 Å². The number of rotatable bonds is 4. The summed E-state index contributed by atoms with van der Waals surface area (Å²) in [5, 5.41) is 0. The minimum Gasteiger partial charge on any atom is -0.495 e. The average Bonchev–Trinajstić information content (AvgIpc) is 2.21. The summed E-state index contributed by atoms with van der Waals surface area (Å²) in [5.41, 5.74) is 0.503. The molecule has 1 aromatic rings. The molecule has 0 fully saturated rings. The van der Waals surface area contributed by atoms with Gasteiger partial charge in [0.15, 0.2) is 6.29 Å². The van der Waals surface area contributed by atoms with Gasteiger partial charge in [-0.25, -0.2) is 0 Å². The minimum atomic E-state index is 0.503. The Morgan fingerprint density at radius 1 is 1.50 bits per heavy atom. The van der Waals surface area contributed by atoms with Crippen LogP contribution < -0.4 is 9.47 Å². The molecule has 0 aromatic heterocycles. The normalized spacial score (nSPS) is 9.64. The zero-order chi connectivity index (χ0) is 10.6. The van der Waals surface area contributed by atoms with E-state index in [0.717, 1.165) is 6.29 Å². The van der Waals surface area contributed by atoms with E-state index >= 15 is 0 Å². The molecule has 1 rings (SSSR count). The molecule has 0 aliphatic heterocycles.